The molecule has 0 radical (unpaired) electrons. The highest BCUT2D eigenvalue weighted by Crippen LogP contribution is 2.17. The third kappa shape index (κ3) is 7.79. The van der Waals surface area contributed by atoms with Crippen LogP contribution in [0, 0.1) is 13.8 Å². The van der Waals surface area contributed by atoms with Gasteiger partial charge in [0.15, 0.2) is 0 Å². The smallest absolute Gasteiger partial charge is 0.311 e. The second-order valence-corrected chi connectivity index (χ2v) is 5.54. The van der Waals surface area contributed by atoms with Crippen molar-refractivity contribution < 1.29 is 19.1 Å². The summed E-state index contributed by atoms with van der Waals surface area (Å²) in [5.74, 6) is -0.271. The normalized spacial score (nSPS) is 10.7. The Morgan fingerprint density at radius 1 is 0.957 bits per heavy atom. The molecule has 0 heterocycles. The molecule has 0 fully saturated rings. The van der Waals surface area contributed by atoms with Gasteiger partial charge in [0.25, 0.3) is 0 Å². The molecule has 0 aromatic heterocycles. The van der Waals surface area contributed by atoms with Crippen molar-refractivity contribution in [3.05, 3.63) is 29.3 Å². The maximum absolute atomic E-state index is 11.8. The molecule has 1 rings (SSSR count). The molecule has 0 aliphatic carbocycles. The first-order valence-electron chi connectivity index (χ1n) is 8.11. The fourth-order valence-electron chi connectivity index (χ4n) is 2.28. The summed E-state index contributed by atoms with van der Waals surface area (Å²) in [6.07, 6.45) is 0.0684. The van der Waals surface area contributed by atoms with Crippen molar-refractivity contribution in [2.75, 3.05) is 26.2 Å². The molecule has 0 bridgehead atoms. The monoisotopic (exact) mass is 321 g/mol. The van der Waals surface area contributed by atoms with Crippen LogP contribution in [0.3, 0.4) is 0 Å². The van der Waals surface area contributed by atoms with E-state index in [1.165, 1.54) is 0 Å². The standard InChI is InChI=1S/C18H27NO4/c1-5-19(6-2)9-10-22-17(20)7-8-18(21)23-16-12-14(3)11-15(4)13-16/h11-13H,5-10H2,1-4H3. The Kier molecular flexibility index (Phi) is 8.33. The van der Waals surface area contributed by atoms with Crippen molar-refractivity contribution in [2.45, 2.75) is 40.5 Å². The Bertz CT molecular complexity index is 504. The molecule has 128 valence electrons. The van der Waals surface area contributed by atoms with E-state index in [0.29, 0.717) is 18.9 Å². The molecule has 23 heavy (non-hydrogen) atoms. The summed E-state index contributed by atoms with van der Waals surface area (Å²) < 4.78 is 10.4. The molecule has 0 aliphatic heterocycles. The van der Waals surface area contributed by atoms with Gasteiger partial charge >= 0.3 is 11.9 Å². The van der Waals surface area contributed by atoms with E-state index in [1.807, 2.05) is 19.9 Å². The summed E-state index contributed by atoms with van der Waals surface area (Å²) in [5.41, 5.74) is 2.06. The van der Waals surface area contributed by atoms with E-state index in [0.717, 1.165) is 24.2 Å². The first-order valence-corrected chi connectivity index (χ1v) is 8.11. The Balaban J connectivity index is 2.28. The SMILES string of the molecule is CCN(CC)CCOC(=O)CCC(=O)Oc1cc(C)cc(C)c1. The van der Waals surface area contributed by atoms with Crippen molar-refractivity contribution in [1.82, 2.24) is 4.90 Å². The lowest BCUT2D eigenvalue weighted by atomic mass is 10.1. The second-order valence-electron chi connectivity index (χ2n) is 5.54. The van der Waals surface area contributed by atoms with E-state index in [1.54, 1.807) is 12.1 Å². The third-order valence-corrected chi connectivity index (χ3v) is 3.53. The molecule has 0 N–H and O–H groups in total. The molecule has 5 nitrogen and oxygen atoms in total. The van der Waals surface area contributed by atoms with E-state index >= 15 is 0 Å². The molecule has 0 saturated carbocycles. The average Bonchev–Trinajstić information content (AvgIpc) is 2.48. The number of hydrogen-bond donors (Lipinski definition) is 0. The molecule has 0 unspecified atom stereocenters. The minimum Gasteiger partial charge on any atom is -0.464 e. The molecular weight excluding hydrogens is 294 g/mol. The molecular formula is C18H27NO4. The van der Waals surface area contributed by atoms with Crippen molar-refractivity contribution in [3.63, 3.8) is 0 Å². The van der Waals surface area contributed by atoms with Gasteiger partial charge in [-0.15, -0.1) is 0 Å². The quantitative estimate of drug-likeness (QED) is 0.517. The molecule has 0 spiro atoms. The number of rotatable bonds is 9. The van der Waals surface area contributed by atoms with E-state index in [-0.39, 0.29) is 18.8 Å². The van der Waals surface area contributed by atoms with Crippen LogP contribution >= 0.6 is 0 Å². The molecule has 1 aromatic carbocycles. The van der Waals surface area contributed by atoms with E-state index in [4.69, 9.17) is 9.47 Å². The molecule has 0 saturated heterocycles. The van der Waals surface area contributed by atoms with Crippen molar-refractivity contribution in [2.24, 2.45) is 0 Å². The van der Waals surface area contributed by atoms with Crippen molar-refractivity contribution in [3.8, 4) is 5.75 Å². The summed E-state index contributed by atoms with van der Waals surface area (Å²) in [6, 6.07) is 5.60. The lowest BCUT2D eigenvalue weighted by Crippen LogP contribution is -2.28. The molecule has 0 aliphatic rings. The predicted octanol–water partition coefficient (Wildman–Crippen LogP) is 2.87. The number of nitrogens with zero attached hydrogens (tertiary/aromatic N) is 1. The minimum absolute atomic E-state index is 0.0249. The molecule has 0 amide bonds. The first-order chi connectivity index (χ1) is 10.9. The van der Waals surface area contributed by atoms with Crippen molar-refractivity contribution >= 4 is 11.9 Å². The highest BCUT2D eigenvalue weighted by Gasteiger charge is 2.11. The lowest BCUT2D eigenvalue weighted by molar-refractivity contribution is -0.147. The Hall–Kier alpha value is -1.88. The predicted molar refractivity (Wildman–Crippen MR) is 89.5 cm³/mol. The van der Waals surface area contributed by atoms with Gasteiger partial charge in [-0.1, -0.05) is 19.9 Å². The second kappa shape index (κ2) is 10.0. The number of carbonyl (C=O) groups is 2. The Morgan fingerprint density at radius 3 is 2.09 bits per heavy atom. The number of benzene rings is 1. The topological polar surface area (TPSA) is 55.8 Å². The zero-order valence-electron chi connectivity index (χ0n) is 14.6. The summed E-state index contributed by atoms with van der Waals surface area (Å²) in [4.78, 5) is 25.6. The van der Waals surface area contributed by atoms with E-state index in [2.05, 4.69) is 18.7 Å². The first kappa shape index (κ1) is 19.2. The van der Waals surface area contributed by atoms with Crippen LogP contribution in [-0.2, 0) is 14.3 Å². The fourth-order valence-corrected chi connectivity index (χ4v) is 2.28. The van der Waals surface area contributed by atoms with Crippen LogP contribution in [0.15, 0.2) is 18.2 Å². The zero-order chi connectivity index (χ0) is 17.2. The van der Waals surface area contributed by atoms with E-state index in [9.17, 15) is 9.59 Å². The fraction of sp³-hybridized carbons (Fsp3) is 0.556. The lowest BCUT2D eigenvalue weighted by Gasteiger charge is -2.17. The van der Waals surface area contributed by atoms with E-state index < -0.39 is 5.97 Å². The van der Waals surface area contributed by atoms with Gasteiger partial charge in [-0.05, 0) is 50.2 Å². The summed E-state index contributed by atoms with van der Waals surface area (Å²) in [5, 5.41) is 0. The van der Waals surface area contributed by atoms with Crippen LogP contribution in [0.2, 0.25) is 0 Å². The van der Waals surface area contributed by atoms with Crippen LogP contribution in [-0.4, -0.2) is 43.1 Å². The minimum atomic E-state index is -0.421. The van der Waals surface area contributed by atoms with Gasteiger partial charge in [0.1, 0.15) is 12.4 Å². The molecule has 5 heteroatoms. The van der Waals surface area contributed by atoms with Gasteiger partial charge in [-0.25, -0.2) is 0 Å². The Morgan fingerprint density at radius 2 is 1.52 bits per heavy atom. The van der Waals surface area contributed by atoms with Crippen LogP contribution in [0.4, 0.5) is 0 Å². The summed E-state index contributed by atoms with van der Waals surface area (Å²) in [7, 11) is 0. The number of esters is 2. The summed E-state index contributed by atoms with van der Waals surface area (Å²) in [6.45, 7) is 10.9. The van der Waals surface area contributed by atoms with Gasteiger partial charge in [0, 0.05) is 6.54 Å². The number of aryl methyl sites for hydroxylation is 2. The van der Waals surface area contributed by atoms with Gasteiger partial charge in [0.2, 0.25) is 0 Å². The summed E-state index contributed by atoms with van der Waals surface area (Å²) >= 11 is 0. The number of hydrogen-bond acceptors (Lipinski definition) is 5. The van der Waals surface area contributed by atoms with Gasteiger partial charge in [0.05, 0.1) is 12.8 Å². The number of carbonyl (C=O) groups excluding carboxylic acids is 2. The van der Waals surface area contributed by atoms with Crippen LogP contribution in [0.25, 0.3) is 0 Å². The van der Waals surface area contributed by atoms with Gasteiger partial charge < -0.3 is 14.4 Å². The third-order valence-electron chi connectivity index (χ3n) is 3.53. The zero-order valence-corrected chi connectivity index (χ0v) is 14.6. The highest BCUT2D eigenvalue weighted by molar-refractivity contribution is 5.79. The largest absolute Gasteiger partial charge is 0.464 e. The number of ether oxygens (including phenoxy) is 2. The van der Waals surface area contributed by atoms with Crippen LogP contribution in [0.1, 0.15) is 37.8 Å². The van der Waals surface area contributed by atoms with Crippen LogP contribution in [0.5, 0.6) is 5.75 Å². The maximum atomic E-state index is 11.8. The Labute approximate surface area is 138 Å². The number of likely N-dealkylation sites (N-methyl/N-ethyl adjacent to an activating group) is 1. The van der Waals surface area contributed by atoms with Gasteiger partial charge in [-0.3, -0.25) is 9.59 Å². The maximum Gasteiger partial charge on any atom is 0.311 e. The average molecular weight is 321 g/mol. The highest BCUT2D eigenvalue weighted by atomic mass is 16.5. The van der Waals surface area contributed by atoms with Gasteiger partial charge in [-0.2, -0.15) is 0 Å². The van der Waals surface area contributed by atoms with Crippen molar-refractivity contribution in [1.29, 1.82) is 0 Å². The van der Waals surface area contributed by atoms with Crippen LogP contribution < -0.4 is 4.74 Å². The molecule has 1 aromatic rings. The molecule has 0 atom stereocenters.